The molecule has 2 nitrogen and oxygen atoms in total. The van der Waals surface area contributed by atoms with Crippen molar-refractivity contribution in [3.8, 4) is 5.75 Å². The maximum Gasteiger partial charge on any atom is 0.126 e. The molecule has 0 amide bonds. The summed E-state index contributed by atoms with van der Waals surface area (Å²) < 4.78 is 23.4. The van der Waals surface area contributed by atoms with E-state index in [9.17, 15) is 4.39 Å². The highest BCUT2D eigenvalue weighted by molar-refractivity contribution is 5.22. The van der Waals surface area contributed by atoms with Gasteiger partial charge in [0.2, 0.25) is 0 Å². The van der Waals surface area contributed by atoms with Gasteiger partial charge in [-0.25, -0.2) is 4.39 Å². The van der Waals surface area contributed by atoms with Gasteiger partial charge >= 0.3 is 0 Å². The fourth-order valence-corrected chi connectivity index (χ4v) is 1.34. The third-order valence-electron chi connectivity index (χ3n) is 1.99. The second-order valence-electron chi connectivity index (χ2n) is 3.06. The van der Waals surface area contributed by atoms with E-state index in [2.05, 4.69) is 0 Å². The summed E-state index contributed by atoms with van der Waals surface area (Å²) in [5.41, 5.74) is 0. The van der Waals surface area contributed by atoms with Crippen molar-refractivity contribution in [1.29, 1.82) is 0 Å². The predicted molar refractivity (Wildman–Crippen MR) is 46.3 cm³/mol. The van der Waals surface area contributed by atoms with Crippen LogP contribution in [0.2, 0.25) is 0 Å². The number of hydrogen-bond donors (Lipinski definition) is 0. The van der Waals surface area contributed by atoms with Crippen LogP contribution in [-0.4, -0.2) is 19.3 Å². The third-order valence-corrected chi connectivity index (χ3v) is 1.99. The van der Waals surface area contributed by atoms with E-state index < -0.39 is 0 Å². The minimum atomic E-state index is -0.267. The van der Waals surface area contributed by atoms with Gasteiger partial charge in [-0.05, 0) is 12.1 Å². The van der Waals surface area contributed by atoms with Gasteiger partial charge in [-0.1, -0.05) is 6.07 Å². The van der Waals surface area contributed by atoms with Crippen LogP contribution in [-0.2, 0) is 4.74 Å². The largest absolute Gasteiger partial charge is 0.488 e. The Hall–Kier alpha value is -1.09. The van der Waals surface area contributed by atoms with Crippen molar-refractivity contribution in [2.24, 2.45) is 0 Å². The first-order valence-corrected chi connectivity index (χ1v) is 4.34. The standard InChI is InChI=1S/C10H11FO2/c11-8-2-1-3-9(6-8)13-10-4-5-12-7-10/h1-3,6,10H,4-5,7H2/t10-/m1/s1. The van der Waals surface area contributed by atoms with Crippen molar-refractivity contribution in [3.63, 3.8) is 0 Å². The minimum Gasteiger partial charge on any atom is -0.488 e. The van der Waals surface area contributed by atoms with Gasteiger partial charge in [0.25, 0.3) is 0 Å². The molecule has 1 heterocycles. The van der Waals surface area contributed by atoms with Gasteiger partial charge in [0.15, 0.2) is 0 Å². The van der Waals surface area contributed by atoms with E-state index in [1.807, 2.05) is 0 Å². The van der Waals surface area contributed by atoms with Gasteiger partial charge in [-0.15, -0.1) is 0 Å². The van der Waals surface area contributed by atoms with Gasteiger partial charge in [0, 0.05) is 12.5 Å². The normalized spacial score (nSPS) is 21.8. The maximum absolute atomic E-state index is 12.7. The van der Waals surface area contributed by atoms with Crippen LogP contribution in [0.5, 0.6) is 5.75 Å². The molecule has 0 saturated carbocycles. The third kappa shape index (κ3) is 2.18. The van der Waals surface area contributed by atoms with Crippen LogP contribution in [0.4, 0.5) is 4.39 Å². The molecule has 13 heavy (non-hydrogen) atoms. The molecule has 1 fully saturated rings. The summed E-state index contributed by atoms with van der Waals surface area (Å²) in [4.78, 5) is 0. The lowest BCUT2D eigenvalue weighted by Gasteiger charge is -2.11. The molecule has 2 rings (SSSR count). The number of halogens is 1. The van der Waals surface area contributed by atoms with Gasteiger partial charge in [0.05, 0.1) is 13.2 Å². The molecular formula is C10H11FO2. The van der Waals surface area contributed by atoms with Gasteiger partial charge in [-0.2, -0.15) is 0 Å². The second-order valence-corrected chi connectivity index (χ2v) is 3.06. The Morgan fingerprint density at radius 2 is 2.38 bits per heavy atom. The first-order chi connectivity index (χ1) is 6.34. The molecule has 1 aromatic rings. The average Bonchev–Trinajstić information content (AvgIpc) is 2.57. The summed E-state index contributed by atoms with van der Waals surface area (Å²) >= 11 is 0. The van der Waals surface area contributed by atoms with Crippen molar-refractivity contribution in [2.75, 3.05) is 13.2 Å². The predicted octanol–water partition coefficient (Wildman–Crippen LogP) is 1.99. The molecule has 1 aliphatic heterocycles. The lowest BCUT2D eigenvalue weighted by atomic mass is 10.3. The van der Waals surface area contributed by atoms with Gasteiger partial charge in [0.1, 0.15) is 17.7 Å². The van der Waals surface area contributed by atoms with Crippen LogP contribution >= 0.6 is 0 Å². The van der Waals surface area contributed by atoms with Crippen molar-refractivity contribution in [1.82, 2.24) is 0 Å². The summed E-state index contributed by atoms with van der Waals surface area (Å²) in [5, 5.41) is 0. The molecule has 1 saturated heterocycles. The van der Waals surface area contributed by atoms with E-state index in [4.69, 9.17) is 9.47 Å². The van der Waals surface area contributed by atoms with Crippen LogP contribution < -0.4 is 4.74 Å². The molecule has 0 bridgehead atoms. The molecule has 0 N–H and O–H groups in total. The van der Waals surface area contributed by atoms with Crippen LogP contribution in [0, 0.1) is 5.82 Å². The Morgan fingerprint density at radius 1 is 1.46 bits per heavy atom. The lowest BCUT2D eigenvalue weighted by molar-refractivity contribution is 0.141. The molecule has 3 heteroatoms. The summed E-state index contributed by atoms with van der Waals surface area (Å²) in [5.74, 6) is 0.312. The monoisotopic (exact) mass is 182 g/mol. The fraction of sp³-hybridized carbons (Fsp3) is 0.400. The Kier molecular flexibility index (Phi) is 2.45. The van der Waals surface area contributed by atoms with Crippen LogP contribution in [0.1, 0.15) is 6.42 Å². The zero-order valence-electron chi connectivity index (χ0n) is 7.20. The number of ether oxygens (including phenoxy) is 2. The van der Waals surface area contributed by atoms with E-state index >= 15 is 0 Å². The SMILES string of the molecule is Fc1cccc(O[C@@H]2CCOC2)c1. The second kappa shape index (κ2) is 3.75. The van der Waals surface area contributed by atoms with Crippen molar-refractivity contribution in [2.45, 2.75) is 12.5 Å². The quantitative estimate of drug-likeness (QED) is 0.696. The van der Waals surface area contributed by atoms with Gasteiger partial charge in [-0.3, -0.25) is 0 Å². The highest BCUT2D eigenvalue weighted by atomic mass is 19.1. The zero-order chi connectivity index (χ0) is 9.10. The van der Waals surface area contributed by atoms with Crippen LogP contribution in [0.3, 0.4) is 0 Å². The summed E-state index contributed by atoms with van der Waals surface area (Å²) in [7, 11) is 0. The van der Waals surface area contributed by atoms with E-state index in [1.165, 1.54) is 12.1 Å². The molecule has 0 spiro atoms. The van der Waals surface area contributed by atoms with E-state index in [0.717, 1.165) is 13.0 Å². The smallest absolute Gasteiger partial charge is 0.126 e. The van der Waals surface area contributed by atoms with E-state index in [1.54, 1.807) is 12.1 Å². The maximum atomic E-state index is 12.7. The topological polar surface area (TPSA) is 18.5 Å². The van der Waals surface area contributed by atoms with Crippen molar-refractivity contribution < 1.29 is 13.9 Å². The number of hydrogen-bond acceptors (Lipinski definition) is 2. The summed E-state index contributed by atoms with van der Waals surface area (Å²) in [6, 6.07) is 6.18. The molecular weight excluding hydrogens is 171 g/mol. The molecule has 0 radical (unpaired) electrons. The Balaban J connectivity index is 2.00. The Labute approximate surface area is 76.3 Å². The van der Waals surface area contributed by atoms with Crippen molar-refractivity contribution >= 4 is 0 Å². The highest BCUT2D eigenvalue weighted by Crippen LogP contribution is 2.17. The number of rotatable bonds is 2. The van der Waals surface area contributed by atoms with Gasteiger partial charge < -0.3 is 9.47 Å². The van der Waals surface area contributed by atoms with E-state index in [0.29, 0.717) is 12.4 Å². The molecule has 1 aliphatic rings. The average molecular weight is 182 g/mol. The fourth-order valence-electron chi connectivity index (χ4n) is 1.34. The Morgan fingerprint density at radius 3 is 3.08 bits per heavy atom. The molecule has 0 aromatic heterocycles. The van der Waals surface area contributed by atoms with Crippen molar-refractivity contribution in [3.05, 3.63) is 30.1 Å². The lowest BCUT2D eigenvalue weighted by Crippen LogP contribution is -2.15. The molecule has 70 valence electrons. The summed E-state index contributed by atoms with van der Waals surface area (Å²) in [6.07, 6.45) is 0.970. The molecule has 1 aromatic carbocycles. The van der Waals surface area contributed by atoms with E-state index in [-0.39, 0.29) is 11.9 Å². The molecule has 0 unspecified atom stereocenters. The summed E-state index contributed by atoms with van der Waals surface area (Å²) in [6.45, 7) is 1.34. The number of benzene rings is 1. The first kappa shape index (κ1) is 8.51. The molecule has 0 aliphatic carbocycles. The minimum absolute atomic E-state index is 0.0850. The zero-order valence-corrected chi connectivity index (χ0v) is 7.20. The highest BCUT2D eigenvalue weighted by Gasteiger charge is 2.16. The van der Waals surface area contributed by atoms with Crippen LogP contribution in [0.15, 0.2) is 24.3 Å². The van der Waals surface area contributed by atoms with Crippen LogP contribution in [0.25, 0.3) is 0 Å². The Bertz CT molecular complexity index is 282. The molecule has 1 atom stereocenters. The first-order valence-electron chi connectivity index (χ1n) is 4.34.